The topological polar surface area (TPSA) is 57.1 Å². The van der Waals surface area contributed by atoms with Gasteiger partial charge in [0.2, 0.25) is 0 Å². The van der Waals surface area contributed by atoms with Gasteiger partial charge in [0.05, 0.1) is 0 Å². The molecule has 0 spiro atoms. The first kappa shape index (κ1) is 15.7. The predicted molar refractivity (Wildman–Crippen MR) is 91.4 cm³/mol. The van der Waals surface area contributed by atoms with Crippen molar-refractivity contribution in [2.45, 2.75) is 26.7 Å². The van der Waals surface area contributed by atoms with Gasteiger partial charge in [-0.3, -0.25) is 0 Å². The summed E-state index contributed by atoms with van der Waals surface area (Å²) < 4.78 is 14.6. The Morgan fingerprint density at radius 2 is 1.78 bits per heavy atom. The van der Waals surface area contributed by atoms with Gasteiger partial charge in [-0.25, -0.2) is 4.98 Å². The molecule has 2 aromatic heterocycles. The lowest BCUT2D eigenvalue weighted by molar-refractivity contribution is 0.171. The summed E-state index contributed by atoms with van der Waals surface area (Å²) >= 11 is 1.33. The molecule has 1 aliphatic heterocycles. The van der Waals surface area contributed by atoms with Gasteiger partial charge in [0.25, 0.3) is 0 Å². The first-order chi connectivity index (χ1) is 11.3. The molecule has 0 saturated carbocycles. The van der Waals surface area contributed by atoms with Crippen molar-refractivity contribution in [3.05, 3.63) is 41.6 Å². The Morgan fingerprint density at radius 1 is 1.00 bits per heavy atom. The van der Waals surface area contributed by atoms with E-state index in [9.17, 15) is 0 Å². The number of ether oxygens (including phenoxy) is 2. The number of hydrogen-bond acceptors (Lipinski definition) is 6. The highest BCUT2D eigenvalue weighted by molar-refractivity contribution is 7.12. The van der Waals surface area contributed by atoms with Crippen molar-refractivity contribution in [1.82, 2.24) is 14.6 Å². The van der Waals surface area contributed by atoms with Crippen LogP contribution in [0, 0.1) is 0 Å². The van der Waals surface area contributed by atoms with Gasteiger partial charge in [-0.15, -0.1) is 5.10 Å². The fourth-order valence-corrected chi connectivity index (χ4v) is 2.73. The zero-order chi connectivity index (χ0) is 16.1. The van der Waals surface area contributed by atoms with E-state index in [1.165, 1.54) is 22.7 Å². The van der Waals surface area contributed by atoms with Crippen molar-refractivity contribution < 1.29 is 9.47 Å². The van der Waals surface area contributed by atoms with Crippen LogP contribution in [0.3, 0.4) is 0 Å². The van der Waals surface area contributed by atoms with Crippen LogP contribution in [0.4, 0.5) is 0 Å². The quantitative estimate of drug-likeness (QED) is 0.718. The summed E-state index contributed by atoms with van der Waals surface area (Å²) in [5, 5.41) is 3.93. The van der Waals surface area contributed by atoms with Gasteiger partial charge in [0.1, 0.15) is 18.7 Å². The van der Waals surface area contributed by atoms with Crippen LogP contribution in [0.1, 0.15) is 25.0 Å². The average Bonchev–Trinajstić information content (AvgIpc) is 3.09. The van der Waals surface area contributed by atoms with Gasteiger partial charge in [-0.1, -0.05) is 24.4 Å². The molecular formula is C17H19N3O2S. The van der Waals surface area contributed by atoms with Crippen LogP contribution < -0.4 is 9.47 Å². The molecule has 0 bridgehead atoms. The molecule has 0 amide bonds. The lowest BCUT2D eigenvalue weighted by atomic mass is 10.1. The van der Waals surface area contributed by atoms with E-state index in [1.54, 1.807) is 0 Å². The Balaban J connectivity index is 0.000000136. The number of rotatable bonds is 2. The summed E-state index contributed by atoms with van der Waals surface area (Å²) in [5.41, 5.74) is 3.42. The van der Waals surface area contributed by atoms with E-state index in [-0.39, 0.29) is 0 Å². The average molecular weight is 329 g/mol. The fourth-order valence-electron chi connectivity index (χ4n) is 2.23. The van der Waals surface area contributed by atoms with E-state index >= 15 is 0 Å². The molecule has 23 heavy (non-hydrogen) atoms. The van der Waals surface area contributed by atoms with E-state index in [4.69, 9.17) is 9.47 Å². The van der Waals surface area contributed by atoms with E-state index < -0.39 is 0 Å². The van der Waals surface area contributed by atoms with Gasteiger partial charge in [-0.2, -0.15) is 0 Å². The van der Waals surface area contributed by atoms with Crippen LogP contribution in [0.15, 0.2) is 30.5 Å². The molecule has 0 fully saturated rings. The first-order valence-corrected chi connectivity index (χ1v) is 8.53. The van der Waals surface area contributed by atoms with Gasteiger partial charge in [0, 0.05) is 17.7 Å². The normalized spacial score (nSPS) is 12.6. The molecule has 0 radical (unpaired) electrons. The van der Waals surface area contributed by atoms with Gasteiger partial charge in [-0.05, 0) is 42.2 Å². The molecule has 1 aromatic carbocycles. The molecule has 6 heteroatoms. The number of benzene rings is 1. The number of aryl methyl sites for hydroxylation is 2. The molecule has 0 aliphatic carbocycles. The number of fused-ring (bicyclic) bond motifs is 2. The first-order valence-electron chi connectivity index (χ1n) is 7.75. The molecule has 0 atom stereocenters. The van der Waals surface area contributed by atoms with Gasteiger partial charge in [0.15, 0.2) is 16.3 Å². The Kier molecular flexibility index (Phi) is 5.02. The Labute approximate surface area is 139 Å². The number of hydrogen-bond donors (Lipinski definition) is 0. The SMILES string of the molecule is CCc1ccc2c(c1)OCCO2.CCc1cnc2snnc2c1. The minimum Gasteiger partial charge on any atom is -0.486 e. The lowest BCUT2D eigenvalue weighted by Gasteiger charge is -2.18. The third-order valence-electron chi connectivity index (χ3n) is 3.59. The highest BCUT2D eigenvalue weighted by Crippen LogP contribution is 2.30. The maximum absolute atomic E-state index is 5.44. The third kappa shape index (κ3) is 3.76. The molecule has 0 saturated heterocycles. The maximum Gasteiger partial charge on any atom is 0.163 e. The highest BCUT2D eigenvalue weighted by atomic mass is 32.1. The second-order valence-corrected chi connectivity index (χ2v) is 5.86. The summed E-state index contributed by atoms with van der Waals surface area (Å²) in [6, 6.07) is 8.14. The Bertz CT molecular complexity index is 788. The van der Waals surface area contributed by atoms with E-state index in [2.05, 4.69) is 40.6 Å². The Hall–Kier alpha value is -2.21. The van der Waals surface area contributed by atoms with Crippen LogP contribution in [-0.4, -0.2) is 27.8 Å². The van der Waals surface area contributed by atoms with Crippen LogP contribution in [0.25, 0.3) is 10.3 Å². The summed E-state index contributed by atoms with van der Waals surface area (Å²) in [4.78, 5) is 5.12. The molecule has 4 rings (SSSR count). The van der Waals surface area contributed by atoms with Crippen LogP contribution >= 0.6 is 11.5 Å². The van der Waals surface area contributed by atoms with Crippen LogP contribution in [0.5, 0.6) is 11.5 Å². The van der Waals surface area contributed by atoms with Gasteiger partial charge >= 0.3 is 0 Å². The summed E-state index contributed by atoms with van der Waals surface area (Å²) in [6.45, 7) is 5.56. The van der Waals surface area contributed by atoms with Crippen molar-refractivity contribution in [2.24, 2.45) is 0 Å². The third-order valence-corrected chi connectivity index (χ3v) is 4.24. The maximum atomic E-state index is 5.44. The standard InChI is InChI=1S/C10H12O2.C7H7N3S/c1-2-8-3-4-9-10(7-8)12-6-5-11-9;1-2-5-3-6-7(8-4-5)11-10-9-6/h3-4,7H,2,5-6H2,1H3;3-4H,2H2,1H3. The van der Waals surface area contributed by atoms with Crippen molar-refractivity contribution in [3.8, 4) is 11.5 Å². The minimum absolute atomic E-state index is 0.665. The predicted octanol–water partition coefficient (Wildman–Crippen LogP) is 3.67. The number of nitrogens with zero attached hydrogens (tertiary/aromatic N) is 3. The van der Waals surface area contributed by atoms with Gasteiger partial charge < -0.3 is 9.47 Å². The van der Waals surface area contributed by atoms with E-state index in [0.717, 1.165) is 34.7 Å². The van der Waals surface area contributed by atoms with Crippen molar-refractivity contribution >= 4 is 21.9 Å². The second-order valence-electron chi connectivity index (χ2n) is 5.13. The summed E-state index contributed by atoms with van der Waals surface area (Å²) in [6.07, 6.45) is 3.92. The largest absolute Gasteiger partial charge is 0.486 e. The summed E-state index contributed by atoms with van der Waals surface area (Å²) in [7, 11) is 0. The molecule has 5 nitrogen and oxygen atoms in total. The highest BCUT2D eigenvalue weighted by Gasteiger charge is 2.10. The molecule has 0 N–H and O–H groups in total. The lowest BCUT2D eigenvalue weighted by Crippen LogP contribution is -2.15. The van der Waals surface area contributed by atoms with Crippen LogP contribution in [0.2, 0.25) is 0 Å². The smallest absolute Gasteiger partial charge is 0.163 e. The number of aromatic nitrogens is 3. The minimum atomic E-state index is 0.665. The fraction of sp³-hybridized carbons (Fsp3) is 0.353. The summed E-state index contributed by atoms with van der Waals surface area (Å²) in [5.74, 6) is 1.76. The molecule has 3 heterocycles. The zero-order valence-corrected chi connectivity index (χ0v) is 14.1. The van der Waals surface area contributed by atoms with Crippen molar-refractivity contribution in [2.75, 3.05) is 13.2 Å². The van der Waals surface area contributed by atoms with Crippen molar-refractivity contribution in [3.63, 3.8) is 0 Å². The molecule has 120 valence electrons. The molecule has 1 aliphatic rings. The molecule has 0 unspecified atom stereocenters. The molecular weight excluding hydrogens is 310 g/mol. The van der Waals surface area contributed by atoms with Crippen molar-refractivity contribution in [1.29, 1.82) is 0 Å². The molecule has 3 aromatic rings. The zero-order valence-electron chi connectivity index (χ0n) is 13.3. The monoisotopic (exact) mass is 329 g/mol. The Morgan fingerprint density at radius 3 is 2.57 bits per heavy atom. The second kappa shape index (κ2) is 7.37. The number of pyridine rings is 1. The van der Waals surface area contributed by atoms with Crippen LogP contribution in [-0.2, 0) is 12.8 Å². The van der Waals surface area contributed by atoms with E-state index in [1.807, 2.05) is 18.3 Å². The van der Waals surface area contributed by atoms with E-state index in [0.29, 0.717) is 13.2 Å².